The number of rotatable bonds is 8. The predicted octanol–water partition coefficient (Wildman–Crippen LogP) is 5.46. The van der Waals surface area contributed by atoms with E-state index < -0.39 is 22.2 Å². The van der Waals surface area contributed by atoms with Crippen LogP contribution in [0.4, 0.5) is 18.9 Å². The number of pyridine rings is 1. The molecule has 1 aliphatic rings. The van der Waals surface area contributed by atoms with Crippen molar-refractivity contribution in [1.82, 2.24) is 9.29 Å². The molecule has 13 heteroatoms. The predicted molar refractivity (Wildman–Crippen MR) is 149 cm³/mol. The van der Waals surface area contributed by atoms with Crippen molar-refractivity contribution < 1.29 is 41.0 Å². The molecule has 0 saturated carbocycles. The molecule has 226 valence electrons. The van der Waals surface area contributed by atoms with Crippen LogP contribution in [0.2, 0.25) is 0 Å². The molecule has 1 aliphatic heterocycles. The number of hydrogen-bond donors (Lipinski definition) is 2. The maximum Gasteiger partial charge on any atom is 0.490 e. The van der Waals surface area contributed by atoms with Crippen molar-refractivity contribution >= 4 is 27.6 Å². The number of piperidine rings is 1. The first-order valence-electron chi connectivity index (χ1n) is 13.1. The van der Waals surface area contributed by atoms with Crippen LogP contribution in [-0.2, 0) is 26.2 Å². The molecule has 0 radical (unpaired) electrons. The van der Waals surface area contributed by atoms with E-state index in [-0.39, 0.29) is 23.5 Å². The minimum Gasteiger partial charge on any atom is -0.475 e. The maximum absolute atomic E-state index is 13.4. The topological polar surface area (TPSA) is 126 Å². The molecule has 0 bridgehead atoms. The van der Waals surface area contributed by atoms with Gasteiger partial charge in [0.15, 0.2) is 0 Å². The van der Waals surface area contributed by atoms with Gasteiger partial charge in [-0.15, -0.1) is 0 Å². The van der Waals surface area contributed by atoms with E-state index in [1.807, 2.05) is 42.5 Å². The summed E-state index contributed by atoms with van der Waals surface area (Å²) in [6, 6.07) is 19.5. The summed E-state index contributed by atoms with van der Waals surface area (Å²) >= 11 is 0. The summed E-state index contributed by atoms with van der Waals surface area (Å²) in [7, 11) is -3.76. The Morgan fingerprint density at radius 1 is 1.10 bits per heavy atom. The van der Waals surface area contributed by atoms with Gasteiger partial charge in [0.25, 0.3) is 5.91 Å². The Balaban J connectivity index is 0.000000616. The Morgan fingerprint density at radius 2 is 1.79 bits per heavy atom. The van der Waals surface area contributed by atoms with Gasteiger partial charge < -0.3 is 15.2 Å². The number of nitrogens with one attached hydrogen (secondary N) is 1. The zero-order valence-electron chi connectivity index (χ0n) is 23.0. The first kappa shape index (κ1) is 32.7. The number of anilines is 1. The van der Waals surface area contributed by atoms with Crippen LogP contribution in [-0.4, -0.2) is 60.1 Å². The summed E-state index contributed by atoms with van der Waals surface area (Å²) in [6.07, 6.45) is -2.09. The van der Waals surface area contributed by atoms with Crippen LogP contribution in [0.1, 0.15) is 54.2 Å². The fraction of sp³-hybridized carbons (Fsp3) is 0.345. The van der Waals surface area contributed by atoms with Crippen LogP contribution in [0.5, 0.6) is 0 Å². The van der Waals surface area contributed by atoms with Crippen molar-refractivity contribution in [3.8, 4) is 0 Å². The van der Waals surface area contributed by atoms with Crippen LogP contribution in [0.15, 0.2) is 77.8 Å². The van der Waals surface area contributed by atoms with Gasteiger partial charge in [-0.1, -0.05) is 38.1 Å². The minimum absolute atomic E-state index is 0.102. The fourth-order valence-corrected chi connectivity index (χ4v) is 5.60. The second-order valence-corrected chi connectivity index (χ2v) is 11.8. The Morgan fingerprint density at radius 3 is 2.38 bits per heavy atom. The number of carboxylic acids is 1. The van der Waals surface area contributed by atoms with Gasteiger partial charge in [-0.2, -0.15) is 17.5 Å². The number of sulfonamides is 1. The minimum atomic E-state index is -5.08. The fourth-order valence-electron chi connectivity index (χ4n) is 4.05. The average molecular weight is 608 g/mol. The first-order valence-corrected chi connectivity index (χ1v) is 14.5. The van der Waals surface area contributed by atoms with E-state index in [0.29, 0.717) is 36.7 Å². The van der Waals surface area contributed by atoms with E-state index in [1.165, 1.54) is 22.0 Å². The highest BCUT2D eigenvalue weighted by atomic mass is 32.2. The van der Waals surface area contributed by atoms with Gasteiger partial charge >= 0.3 is 12.1 Å². The number of alkyl halides is 3. The molecule has 1 atom stereocenters. The molecule has 2 heterocycles. The van der Waals surface area contributed by atoms with Crippen molar-refractivity contribution in [2.75, 3.05) is 18.4 Å². The molecule has 9 nitrogen and oxygen atoms in total. The van der Waals surface area contributed by atoms with E-state index in [0.717, 1.165) is 12.1 Å². The molecule has 2 aromatic carbocycles. The number of halogens is 3. The second kappa shape index (κ2) is 14.4. The molecule has 0 aliphatic carbocycles. The number of carbonyl (C=O) groups excluding carboxylic acids is 1. The number of nitrogens with zero attached hydrogens (tertiary/aromatic N) is 2. The first-order chi connectivity index (χ1) is 19.8. The summed E-state index contributed by atoms with van der Waals surface area (Å²) in [5, 5.41) is 9.97. The molecule has 3 aromatic rings. The average Bonchev–Trinajstić information content (AvgIpc) is 2.97. The Bertz CT molecular complexity index is 1450. The lowest BCUT2D eigenvalue weighted by Crippen LogP contribution is -2.43. The van der Waals surface area contributed by atoms with E-state index in [9.17, 15) is 26.4 Å². The molecule has 1 unspecified atom stereocenters. The van der Waals surface area contributed by atoms with Crippen LogP contribution in [0.25, 0.3) is 0 Å². The van der Waals surface area contributed by atoms with Crippen molar-refractivity contribution in [2.24, 2.45) is 0 Å². The molecule has 0 spiro atoms. The molecule has 1 amide bonds. The normalized spacial score (nSPS) is 15.9. The number of benzene rings is 2. The highest BCUT2D eigenvalue weighted by Crippen LogP contribution is 2.24. The molecule has 1 saturated heterocycles. The third kappa shape index (κ3) is 9.36. The summed E-state index contributed by atoms with van der Waals surface area (Å²) in [5.41, 5.74) is 2.94. The lowest BCUT2D eigenvalue weighted by atomic mass is 10.0. The van der Waals surface area contributed by atoms with E-state index in [4.69, 9.17) is 14.6 Å². The highest BCUT2D eigenvalue weighted by Gasteiger charge is 2.38. The molecular weight excluding hydrogens is 575 g/mol. The number of hydrogen-bond acceptors (Lipinski definition) is 6. The Labute approximate surface area is 242 Å². The van der Waals surface area contributed by atoms with Crippen molar-refractivity contribution in [3.05, 3.63) is 89.7 Å². The monoisotopic (exact) mass is 607 g/mol. The van der Waals surface area contributed by atoms with Gasteiger partial charge in [-0.25, -0.2) is 13.2 Å². The number of amides is 1. The smallest absolute Gasteiger partial charge is 0.475 e. The summed E-state index contributed by atoms with van der Waals surface area (Å²) in [4.78, 5) is 26.1. The van der Waals surface area contributed by atoms with Gasteiger partial charge in [0.1, 0.15) is 0 Å². The van der Waals surface area contributed by atoms with Crippen LogP contribution in [0, 0.1) is 0 Å². The zero-order valence-corrected chi connectivity index (χ0v) is 23.9. The number of aromatic nitrogens is 1. The number of carboxylic acid groups (broad SMARTS) is 1. The van der Waals surface area contributed by atoms with Gasteiger partial charge in [-0.3, -0.25) is 9.78 Å². The molecule has 1 fully saturated rings. The third-order valence-corrected chi connectivity index (χ3v) is 8.21. The number of ether oxygens (including phenoxy) is 1. The zero-order chi connectivity index (χ0) is 30.9. The van der Waals surface area contributed by atoms with Crippen molar-refractivity contribution in [3.63, 3.8) is 0 Å². The lowest BCUT2D eigenvalue weighted by molar-refractivity contribution is -0.192. The van der Waals surface area contributed by atoms with Gasteiger partial charge in [0.05, 0.1) is 23.3 Å². The van der Waals surface area contributed by atoms with Gasteiger partial charge in [0, 0.05) is 30.5 Å². The summed E-state index contributed by atoms with van der Waals surface area (Å²) < 4.78 is 65.9. The van der Waals surface area contributed by atoms with Crippen molar-refractivity contribution in [1.29, 1.82) is 0 Å². The van der Waals surface area contributed by atoms with E-state index in [2.05, 4.69) is 24.1 Å². The number of aliphatic carboxylic acids is 1. The molecule has 1 aromatic heterocycles. The van der Waals surface area contributed by atoms with Crippen LogP contribution in [0.3, 0.4) is 0 Å². The summed E-state index contributed by atoms with van der Waals surface area (Å²) in [6.45, 7) is 5.25. The Kier molecular flexibility index (Phi) is 11.2. The lowest BCUT2D eigenvalue weighted by Gasteiger charge is -2.31. The molecule has 2 N–H and O–H groups in total. The molecule has 42 heavy (non-hydrogen) atoms. The second-order valence-electron chi connectivity index (χ2n) is 9.82. The Hall–Kier alpha value is -3.81. The standard InChI is InChI=1S/C27H31N3O4S.C2HF3O2/c1-20(2)21-11-13-23(14-12-21)29-27(31)22-7-5-10-26(17-22)35(32,33)30-16-6-9-25(18-30)34-19-24-8-3-4-15-28-24;3-2(4,5)1(6)7/h3-5,7-8,10-15,17,20,25H,6,9,16,18-19H2,1-2H3,(H,29,31);(H,6,7). The summed E-state index contributed by atoms with van der Waals surface area (Å²) in [5.74, 6) is -2.71. The largest absolute Gasteiger partial charge is 0.490 e. The van der Waals surface area contributed by atoms with E-state index in [1.54, 1.807) is 18.3 Å². The van der Waals surface area contributed by atoms with Gasteiger partial charge in [-0.05, 0) is 66.8 Å². The maximum atomic E-state index is 13.4. The highest BCUT2D eigenvalue weighted by molar-refractivity contribution is 7.89. The molecule has 4 rings (SSSR count). The van der Waals surface area contributed by atoms with Gasteiger partial charge in [0.2, 0.25) is 10.0 Å². The van der Waals surface area contributed by atoms with Crippen molar-refractivity contribution in [2.45, 2.75) is 56.4 Å². The van der Waals surface area contributed by atoms with Crippen LogP contribution >= 0.6 is 0 Å². The third-order valence-electron chi connectivity index (χ3n) is 6.35. The van der Waals surface area contributed by atoms with Crippen LogP contribution < -0.4 is 5.32 Å². The quantitative estimate of drug-likeness (QED) is 0.348. The van der Waals surface area contributed by atoms with E-state index >= 15 is 0 Å². The number of carbonyl (C=O) groups is 2. The molecular formula is C29H32F3N3O6S. The SMILES string of the molecule is CC(C)c1ccc(NC(=O)c2cccc(S(=O)(=O)N3CCCC(OCc4ccccn4)C3)c2)cc1.O=C(O)C(F)(F)F.